The number of carbonyl (C=O) groups is 1. The van der Waals surface area contributed by atoms with Crippen molar-refractivity contribution in [1.82, 2.24) is 5.32 Å². The maximum atomic E-state index is 13.2. The number of hydrogen-bond acceptors (Lipinski definition) is 3. The first-order valence-corrected chi connectivity index (χ1v) is 13.0. The number of rotatable bonds is 7. The normalized spacial score (nSPS) is 15.6. The van der Waals surface area contributed by atoms with Gasteiger partial charge in [-0.15, -0.1) is 0 Å². The first kappa shape index (κ1) is 23.6. The van der Waals surface area contributed by atoms with Crippen LogP contribution in [0.3, 0.4) is 0 Å². The second-order valence-corrected chi connectivity index (χ2v) is 10.6. The van der Waals surface area contributed by atoms with Crippen LogP contribution in [0.2, 0.25) is 5.02 Å². The van der Waals surface area contributed by atoms with Gasteiger partial charge in [0, 0.05) is 5.02 Å². The molecule has 2 aromatic carbocycles. The summed E-state index contributed by atoms with van der Waals surface area (Å²) in [5.74, 6) is -0.324. The third kappa shape index (κ3) is 5.42. The topological polar surface area (TPSA) is 66.5 Å². The molecule has 0 aliphatic heterocycles. The molecular formula is C24H31ClN2O3S. The smallest absolute Gasteiger partial charge is 0.244 e. The van der Waals surface area contributed by atoms with Crippen LogP contribution in [0, 0.1) is 6.92 Å². The number of aryl methyl sites for hydroxylation is 3. The Hall–Kier alpha value is -2.05. The van der Waals surface area contributed by atoms with Crippen molar-refractivity contribution in [2.75, 3.05) is 10.6 Å². The van der Waals surface area contributed by atoms with Crippen molar-refractivity contribution >= 4 is 33.2 Å². The van der Waals surface area contributed by atoms with Crippen molar-refractivity contribution < 1.29 is 13.2 Å². The van der Waals surface area contributed by atoms with E-state index in [-0.39, 0.29) is 11.9 Å². The highest BCUT2D eigenvalue weighted by Crippen LogP contribution is 2.29. The predicted octanol–water partition coefficient (Wildman–Crippen LogP) is 4.95. The summed E-state index contributed by atoms with van der Waals surface area (Å²) in [7, 11) is -3.70. The molecule has 5 nitrogen and oxygen atoms in total. The fraction of sp³-hybridized carbons (Fsp3) is 0.458. The molecule has 1 amide bonds. The molecule has 3 rings (SSSR count). The molecular weight excluding hydrogens is 432 g/mol. The largest absolute Gasteiger partial charge is 0.348 e. The maximum Gasteiger partial charge on any atom is 0.244 e. The van der Waals surface area contributed by atoms with E-state index in [1.165, 1.54) is 28.3 Å². The SMILES string of the molecule is CCC(C(=O)NC(C)c1ccc2c(c1)CCCC2)N(c1ccc(C)c(Cl)c1)S(C)(=O)=O. The van der Waals surface area contributed by atoms with Crippen molar-refractivity contribution in [3.05, 3.63) is 63.7 Å². The molecule has 31 heavy (non-hydrogen) atoms. The fourth-order valence-corrected chi connectivity index (χ4v) is 5.57. The minimum Gasteiger partial charge on any atom is -0.348 e. The van der Waals surface area contributed by atoms with Crippen molar-refractivity contribution in [1.29, 1.82) is 0 Å². The summed E-state index contributed by atoms with van der Waals surface area (Å²) in [5, 5.41) is 3.49. The summed E-state index contributed by atoms with van der Waals surface area (Å²) in [4.78, 5) is 13.2. The van der Waals surface area contributed by atoms with E-state index in [1.54, 1.807) is 18.2 Å². The number of benzene rings is 2. The van der Waals surface area contributed by atoms with E-state index < -0.39 is 16.1 Å². The molecule has 2 unspecified atom stereocenters. The lowest BCUT2D eigenvalue weighted by atomic mass is 9.89. The van der Waals surface area contributed by atoms with Crippen LogP contribution in [0.4, 0.5) is 5.69 Å². The van der Waals surface area contributed by atoms with Crippen molar-refractivity contribution in [2.45, 2.75) is 65.0 Å². The van der Waals surface area contributed by atoms with Gasteiger partial charge in [-0.3, -0.25) is 9.10 Å². The average Bonchev–Trinajstić information content (AvgIpc) is 2.72. The Bertz CT molecular complexity index is 1070. The number of nitrogens with zero attached hydrogens (tertiary/aromatic N) is 1. The summed E-state index contributed by atoms with van der Waals surface area (Å²) in [6.07, 6.45) is 6.04. The Morgan fingerprint density at radius 2 is 1.81 bits per heavy atom. The summed E-state index contributed by atoms with van der Waals surface area (Å²) in [5.41, 5.74) is 5.01. The average molecular weight is 463 g/mol. The highest BCUT2D eigenvalue weighted by atomic mass is 35.5. The molecule has 1 aliphatic carbocycles. The molecule has 0 bridgehead atoms. The van der Waals surface area contributed by atoms with Crippen LogP contribution in [0.25, 0.3) is 0 Å². The van der Waals surface area contributed by atoms with Gasteiger partial charge in [0.25, 0.3) is 0 Å². The van der Waals surface area contributed by atoms with Gasteiger partial charge < -0.3 is 5.32 Å². The van der Waals surface area contributed by atoms with Crippen molar-refractivity contribution in [2.24, 2.45) is 0 Å². The summed E-state index contributed by atoms with van der Waals surface area (Å²) < 4.78 is 26.5. The van der Waals surface area contributed by atoms with Crippen LogP contribution >= 0.6 is 11.6 Å². The quantitative estimate of drug-likeness (QED) is 0.633. The van der Waals surface area contributed by atoms with Gasteiger partial charge in [0.2, 0.25) is 15.9 Å². The third-order valence-electron chi connectivity index (χ3n) is 5.97. The molecule has 0 fully saturated rings. The summed E-state index contributed by atoms with van der Waals surface area (Å²) in [6.45, 7) is 5.59. The number of amides is 1. The molecule has 0 saturated heterocycles. The van der Waals surface area contributed by atoms with E-state index in [4.69, 9.17) is 11.6 Å². The number of carbonyl (C=O) groups excluding carboxylic acids is 1. The lowest BCUT2D eigenvalue weighted by Crippen LogP contribution is -2.49. The lowest BCUT2D eigenvalue weighted by Gasteiger charge is -2.31. The van der Waals surface area contributed by atoms with E-state index in [0.29, 0.717) is 17.1 Å². The minimum atomic E-state index is -3.70. The number of anilines is 1. The van der Waals surface area contributed by atoms with Crippen LogP contribution in [0.15, 0.2) is 36.4 Å². The van der Waals surface area contributed by atoms with Crippen LogP contribution in [-0.4, -0.2) is 26.6 Å². The fourth-order valence-electron chi connectivity index (χ4n) is 4.19. The summed E-state index contributed by atoms with van der Waals surface area (Å²) in [6, 6.07) is 10.3. The molecule has 1 N–H and O–H groups in total. The Labute approximate surface area is 190 Å². The zero-order chi connectivity index (χ0) is 22.8. The number of hydrogen-bond donors (Lipinski definition) is 1. The monoisotopic (exact) mass is 462 g/mol. The molecule has 0 spiro atoms. The standard InChI is InChI=1S/C24H31ClN2O3S/c1-5-23(27(31(4,29)30)21-13-10-16(2)22(25)15-21)24(28)26-17(3)19-12-11-18-8-6-7-9-20(18)14-19/h10-15,17,23H,5-9H2,1-4H3,(H,26,28). The van der Waals surface area contributed by atoms with Gasteiger partial charge in [-0.2, -0.15) is 0 Å². The van der Waals surface area contributed by atoms with E-state index in [9.17, 15) is 13.2 Å². The zero-order valence-corrected chi connectivity index (χ0v) is 20.2. The predicted molar refractivity (Wildman–Crippen MR) is 127 cm³/mol. The van der Waals surface area contributed by atoms with Gasteiger partial charge in [0.05, 0.1) is 18.0 Å². The third-order valence-corrected chi connectivity index (χ3v) is 7.56. The van der Waals surface area contributed by atoms with E-state index in [0.717, 1.165) is 30.2 Å². The van der Waals surface area contributed by atoms with Gasteiger partial charge in [-0.05, 0) is 80.3 Å². The first-order valence-electron chi connectivity index (χ1n) is 10.8. The Morgan fingerprint density at radius 1 is 1.13 bits per heavy atom. The number of halogens is 1. The minimum absolute atomic E-state index is 0.225. The molecule has 0 heterocycles. The molecule has 1 aliphatic rings. The van der Waals surface area contributed by atoms with E-state index in [1.807, 2.05) is 20.8 Å². The zero-order valence-electron chi connectivity index (χ0n) is 18.6. The second-order valence-electron chi connectivity index (χ2n) is 8.38. The maximum absolute atomic E-state index is 13.2. The van der Waals surface area contributed by atoms with Crippen molar-refractivity contribution in [3.8, 4) is 0 Å². The second kappa shape index (κ2) is 9.61. The lowest BCUT2D eigenvalue weighted by molar-refractivity contribution is -0.122. The van der Waals surface area contributed by atoms with Crippen LogP contribution < -0.4 is 9.62 Å². The van der Waals surface area contributed by atoms with Crippen LogP contribution in [-0.2, 0) is 27.7 Å². The molecule has 0 aromatic heterocycles. The van der Waals surface area contributed by atoms with Gasteiger partial charge in [-0.25, -0.2) is 8.42 Å². The number of fused-ring (bicyclic) bond motifs is 1. The molecule has 0 saturated carbocycles. The molecule has 0 radical (unpaired) electrons. The van der Waals surface area contributed by atoms with E-state index in [2.05, 4.69) is 23.5 Å². The highest BCUT2D eigenvalue weighted by Gasteiger charge is 2.32. The number of sulfonamides is 1. The van der Waals surface area contributed by atoms with E-state index >= 15 is 0 Å². The molecule has 2 atom stereocenters. The molecule has 168 valence electrons. The highest BCUT2D eigenvalue weighted by molar-refractivity contribution is 7.92. The Kier molecular flexibility index (Phi) is 7.32. The van der Waals surface area contributed by atoms with Gasteiger partial charge in [0.15, 0.2) is 0 Å². The van der Waals surface area contributed by atoms with Crippen molar-refractivity contribution in [3.63, 3.8) is 0 Å². The van der Waals surface area contributed by atoms with Gasteiger partial charge >= 0.3 is 0 Å². The Balaban J connectivity index is 1.85. The Morgan fingerprint density at radius 3 is 2.42 bits per heavy atom. The van der Waals surface area contributed by atoms with Gasteiger partial charge in [0.1, 0.15) is 6.04 Å². The van der Waals surface area contributed by atoms with Gasteiger partial charge in [-0.1, -0.05) is 42.8 Å². The van der Waals surface area contributed by atoms with Crippen LogP contribution in [0.5, 0.6) is 0 Å². The number of nitrogens with one attached hydrogen (secondary N) is 1. The molecule has 7 heteroatoms. The molecule has 2 aromatic rings. The first-order chi connectivity index (χ1) is 14.6. The van der Waals surface area contributed by atoms with Crippen LogP contribution in [0.1, 0.15) is 61.4 Å². The summed E-state index contributed by atoms with van der Waals surface area (Å²) >= 11 is 6.24.